The zero-order valence-corrected chi connectivity index (χ0v) is 7.12. The highest BCUT2D eigenvalue weighted by molar-refractivity contribution is 5.25. The number of hydrogen-bond donors (Lipinski definition) is 1. The predicted molar refractivity (Wildman–Crippen MR) is 46.4 cm³/mol. The van der Waals surface area contributed by atoms with Gasteiger partial charge in [0.05, 0.1) is 12.5 Å². The van der Waals surface area contributed by atoms with Crippen LogP contribution in [0.1, 0.15) is 18.5 Å². The number of unbranched alkanes of at least 4 members (excludes halogenated alkanes) is 1. The first kappa shape index (κ1) is 8.82. The lowest BCUT2D eigenvalue weighted by atomic mass is 10.3. The third-order valence-electron chi connectivity index (χ3n) is 1.49. The fourth-order valence-corrected chi connectivity index (χ4v) is 0.798. The molecule has 12 heavy (non-hydrogen) atoms. The van der Waals surface area contributed by atoms with Gasteiger partial charge in [0.2, 0.25) is 0 Å². The Bertz CT molecular complexity index is 293. The molecule has 0 aromatic carbocycles. The van der Waals surface area contributed by atoms with Crippen LogP contribution in [0.5, 0.6) is 0 Å². The van der Waals surface area contributed by atoms with Gasteiger partial charge in [-0.2, -0.15) is 0 Å². The van der Waals surface area contributed by atoms with Gasteiger partial charge in [-0.3, -0.25) is 0 Å². The highest BCUT2D eigenvalue weighted by atomic mass is 16.2. The molecule has 0 aliphatic rings. The monoisotopic (exact) mass is 164 g/mol. The number of imidazole rings is 1. The molecule has 1 aromatic heterocycles. The molecule has 0 bridgehead atoms. The fraction of sp³-hybridized carbons (Fsp3) is 0.444. The Labute approximate surface area is 72.1 Å². The third-order valence-corrected chi connectivity index (χ3v) is 1.49. The molecule has 0 saturated carbocycles. The van der Waals surface area contributed by atoms with E-state index in [4.69, 9.17) is 5.11 Å². The molecule has 0 aliphatic carbocycles. The zero-order valence-electron chi connectivity index (χ0n) is 7.12. The summed E-state index contributed by atoms with van der Waals surface area (Å²) >= 11 is 0. The molecule has 1 rings (SSSR count). The Kier molecular flexibility index (Phi) is 3.36. The summed E-state index contributed by atoms with van der Waals surface area (Å²) in [5.41, 5.74) is 0.910. The minimum atomic E-state index is 0.208. The number of aromatic nitrogens is 2. The molecular formula is C9H12N2O. The van der Waals surface area contributed by atoms with Crippen molar-refractivity contribution in [2.45, 2.75) is 12.8 Å². The van der Waals surface area contributed by atoms with E-state index in [2.05, 4.69) is 16.8 Å². The maximum Gasteiger partial charge on any atom is 0.111 e. The molecule has 0 spiro atoms. The van der Waals surface area contributed by atoms with E-state index in [0.29, 0.717) is 0 Å². The van der Waals surface area contributed by atoms with Gasteiger partial charge in [-0.25, -0.2) is 4.98 Å². The lowest BCUT2D eigenvalue weighted by Gasteiger charge is -1.89. The van der Waals surface area contributed by atoms with Crippen molar-refractivity contribution in [3.05, 3.63) is 18.2 Å². The van der Waals surface area contributed by atoms with Crippen LogP contribution in [-0.4, -0.2) is 21.3 Å². The fourth-order valence-electron chi connectivity index (χ4n) is 0.798. The van der Waals surface area contributed by atoms with E-state index >= 15 is 0 Å². The van der Waals surface area contributed by atoms with Gasteiger partial charge in [-0.15, -0.1) is 0 Å². The Morgan fingerprint density at radius 1 is 1.67 bits per heavy atom. The molecule has 0 unspecified atom stereocenters. The number of aliphatic hydroxyl groups excluding tert-OH is 1. The van der Waals surface area contributed by atoms with Crippen LogP contribution in [0.2, 0.25) is 0 Å². The first-order valence-corrected chi connectivity index (χ1v) is 3.90. The van der Waals surface area contributed by atoms with E-state index in [1.165, 1.54) is 0 Å². The van der Waals surface area contributed by atoms with Crippen LogP contribution < -0.4 is 0 Å². The first-order valence-electron chi connectivity index (χ1n) is 3.90. The lowest BCUT2D eigenvalue weighted by molar-refractivity contribution is 0.290. The molecule has 0 amide bonds. The van der Waals surface area contributed by atoms with Gasteiger partial charge in [0.15, 0.2) is 0 Å². The van der Waals surface area contributed by atoms with Crippen molar-refractivity contribution in [1.82, 2.24) is 9.55 Å². The molecule has 3 heteroatoms. The average Bonchev–Trinajstić information content (AvgIpc) is 2.46. The minimum Gasteiger partial charge on any atom is -0.396 e. The minimum absolute atomic E-state index is 0.208. The topological polar surface area (TPSA) is 38.0 Å². The maximum absolute atomic E-state index is 8.49. The van der Waals surface area contributed by atoms with Gasteiger partial charge in [0.1, 0.15) is 5.69 Å². The third kappa shape index (κ3) is 2.40. The summed E-state index contributed by atoms with van der Waals surface area (Å²) < 4.78 is 1.87. The van der Waals surface area contributed by atoms with Crippen molar-refractivity contribution < 1.29 is 5.11 Å². The molecule has 1 N–H and O–H groups in total. The molecule has 3 nitrogen and oxygen atoms in total. The highest BCUT2D eigenvalue weighted by Gasteiger charge is 1.89. The Morgan fingerprint density at radius 3 is 3.08 bits per heavy atom. The van der Waals surface area contributed by atoms with Crippen LogP contribution in [0.15, 0.2) is 12.5 Å². The van der Waals surface area contributed by atoms with E-state index in [1.54, 1.807) is 12.5 Å². The van der Waals surface area contributed by atoms with E-state index in [1.807, 2.05) is 11.6 Å². The van der Waals surface area contributed by atoms with Crippen molar-refractivity contribution in [2.75, 3.05) is 6.61 Å². The van der Waals surface area contributed by atoms with Crippen molar-refractivity contribution in [1.29, 1.82) is 0 Å². The smallest absolute Gasteiger partial charge is 0.111 e. The summed E-state index contributed by atoms with van der Waals surface area (Å²) in [6, 6.07) is 0. The molecule has 1 heterocycles. The molecule has 64 valence electrons. The van der Waals surface area contributed by atoms with Crippen LogP contribution in [0, 0.1) is 11.8 Å². The highest BCUT2D eigenvalue weighted by Crippen LogP contribution is 1.93. The maximum atomic E-state index is 8.49. The predicted octanol–water partition coefficient (Wildman–Crippen LogP) is 0.544. The molecule has 0 fully saturated rings. The van der Waals surface area contributed by atoms with Crippen LogP contribution >= 0.6 is 0 Å². The molecule has 0 atom stereocenters. The van der Waals surface area contributed by atoms with Crippen molar-refractivity contribution in [3.63, 3.8) is 0 Å². The summed E-state index contributed by atoms with van der Waals surface area (Å²) in [4.78, 5) is 3.93. The standard InChI is InChI=1S/C9H12N2O/c1-11-8-10-7-9(11)5-3-2-4-6-12/h7-8,12H,2,4,6H2,1H3. The van der Waals surface area contributed by atoms with Gasteiger partial charge >= 0.3 is 0 Å². The Balaban J connectivity index is 2.49. The molecule has 1 aromatic rings. The van der Waals surface area contributed by atoms with E-state index in [-0.39, 0.29) is 6.61 Å². The first-order chi connectivity index (χ1) is 5.84. The summed E-state index contributed by atoms with van der Waals surface area (Å²) in [6.45, 7) is 0.208. The normalized spacial score (nSPS) is 9.17. The van der Waals surface area contributed by atoms with Crippen LogP contribution in [-0.2, 0) is 7.05 Å². The number of aryl methyl sites for hydroxylation is 1. The Hall–Kier alpha value is -1.27. The van der Waals surface area contributed by atoms with Crippen molar-refractivity contribution >= 4 is 0 Å². The SMILES string of the molecule is Cn1cncc1C#CCCCO. The summed E-state index contributed by atoms with van der Waals surface area (Å²) in [6.07, 6.45) is 4.93. The van der Waals surface area contributed by atoms with E-state index < -0.39 is 0 Å². The number of nitrogens with zero attached hydrogens (tertiary/aromatic N) is 2. The number of rotatable bonds is 2. The quantitative estimate of drug-likeness (QED) is 0.512. The largest absolute Gasteiger partial charge is 0.396 e. The van der Waals surface area contributed by atoms with Crippen LogP contribution in [0.3, 0.4) is 0 Å². The number of aliphatic hydroxyl groups is 1. The molecule has 0 aliphatic heterocycles. The lowest BCUT2D eigenvalue weighted by Crippen LogP contribution is -1.88. The summed E-state index contributed by atoms with van der Waals surface area (Å²) in [5, 5.41) is 8.49. The van der Waals surface area contributed by atoms with Crippen LogP contribution in [0.4, 0.5) is 0 Å². The molecule has 0 saturated heterocycles. The van der Waals surface area contributed by atoms with Crippen LogP contribution in [0.25, 0.3) is 0 Å². The zero-order chi connectivity index (χ0) is 8.81. The van der Waals surface area contributed by atoms with Gasteiger partial charge in [-0.1, -0.05) is 5.92 Å². The summed E-state index contributed by atoms with van der Waals surface area (Å²) in [7, 11) is 1.91. The molecular weight excluding hydrogens is 152 g/mol. The second-order valence-corrected chi connectivity index (χ2v) is 2.52. The Morgan fingerprint density at radius 2 is 2.50 bits per heavy atom. The summed E-state index contributed by atoms with van der Waals surface area (Å²) in [5.74, 6) is 5.93. The van der Waals surface area contributed by atoms with Gasteiger partial charge in [0.25, 0.3) is 0 Å². The van der Waals surface area contributed by atoms with Gasteiger partial charge in [-0.05, 0) is 12.3 Å². The van der Waals surface area contributed by atoms with Crippen molar-refractivity contribution in [2.24, 2.45) is 7.05 Å². The number of hydrogen-bond acceptors (Lipinski definition) is 2. The van der Waals surface area contributed by atoms with Crippen molar-refractivity contribution in [3.8, 4) is 11.8 Å². The molecule has 0 radical (unpaired) electrons. The van der Waals surface area contributed by atoms with Gasteiger partial charge < -0.3 is 9.67 Å². The van der Waals surface area contributed by atoms with Gasteiger partial charge in [0, 0.05) is 20.1 Å². The average molecular weight is 164 g/mol. The second kappa shape index (κ2) is 4.58. The van der Waals surface area contributed by atoms with E-state index in [9.17, 15) is 0 Å². The second-order valence-electron chi connectivity index (χ2n) is 2.52. The van der Waals surface area contributed by atoms with E-state index in [0.717, 1.165) is 18.5 Å².